The molecular weight excluding hydrogens is 500 g/mol. The second-order valence-corrected chi connectivity index (χ2v) is 7.55. The first-order valence-electron chi connectivity index (χ1n) is 10.1. The molecule has 178 valence electrons. The quantitative estimate of drug-likeness (QED) is 0.213. The fourth-order valence-electron chi connectivity index (χ4n) is 3.42. The van der Waals surface area contributed by atoms with Crippen LogP contribution in [0.2, 0.25) is 0 Å². The fraction of sp³-hybridized carbons (Fsp3) is 0.350. The molecule has 0 fully saturated rings. The number of aromatic nitrogens is 2. The van der Waals surface area contributed by atoms with Crippen LogP contribution in [-0.2, 0) is 29.1 Å². The molecule has 0 spiro atoms. The van der Waals surface area contributed by atoms with Crippen molar-refractivity contribution in [2.75, 3.05) is 41.4 Å². The number of hydrogen-bond acceptors (Lipinski definition) is 9. The van der Waals surface area contributed by atoms with Gasteiger partial charge in [0.2, 0.25) is 5.95 Å². The van der Waals surface area contributed by atoms with E-state index in [2.05, 4.69) is 25.9 Å². The van der Waals surface area contributed by atoms with E-state index in [-0.39, 0.29) is 55.4 Å². The molecule has 1 aromatic carbocycles. The average Bonchev–Trinajstić information content (AvgIpc) is 2.75. The first-order chi connectivity index (χ1) is 15.7. The van der Waals surface area contributed by atoms with Crippen LogP contribution in [0.4, 0.5) is 23.1 Å². The number of carbonyl (C=O) groups is 3. The summed E-state index contributed by atoms with van der Waals surface area (Å²) < 4.78 is 0. The van der Waals surface area contributed by atoms with E-state index in [1.807, 2.05) is 4.90 Å². The van der Waals surface area contributed by atoms with Crippen LogP contribution in [0.15, 0.2) is 29.1 Å². The Morgan fingerprint density at radius 3 is 2.56 bits per heavy atom. The molecule has 1 aromatic heterocycles. The van der Waals surface area contributed by atoms with Gasteiger partial charge in [-0.15, -0.1) is 0 Å². The van der Waals surface area contributed by atoms with E-state index < -0.39 is 23.9 Å². The van der Waals surface area contributed by atoms with Gasteiger partial charge in [-0.25, -0.2) is 4.79 Å². The van der Waals surface area contributed by atoms with Gasteiger partial charge in [0.1, 0.15) is 11.7 Å². The second kappa shape index (κ2) is 11.5. The van der Waals surface area contributed by atoms with E-state index in [4.69, 9.17) is 10.8 Å². The van der Waals surface area contributed by atoms with Crippen LogP contribution in [0.1, 0.15) is 23.2 Å². The minimum Gasteiger partial charge on any atom is -0.481 e. The Bertz CT molecular complexity index is 1110. The molecule has 1 amide bonds. The Kier molecular flexibility index (Phi) is 8.96. The number of H-pyrrole nitrogens is 1. The van der Waals surface area contributed by atoms with Gasteiger partial charge in [-0.05, 0) is 30.7 Å². The number of carboxylic acid groups (broad SMARTS) is 2. The Morgan fingerprint density at radius 2 is 1.94 bits per heavy atom. The number of likely N-dealkylation sites (N-methyl/N-ethyl adjacent to an activating group) is 1. The third-order valence-corrected chi connectivity index (χ3v) is 5.26. The number of hydrogen-bond donors (Lipinski definition) is 7. The Morgan fingerprint density at radius 1 is 1.26 bits per heavy atom. The Balaban J connectivity index is 0.00000408. The third kappa shape index (κ3) is 6.44. The van der Waals surface area contributed by atoms with Gasteiger partial charge in [-0.1, -0.05) is 0 Å². The first kappa shape index (κ1) is 26.6. The van der Waals surface area contributed by atoms with Crippen molar-refractivity contribution in [3.05, 3.63) is 40.2 Å². The maximum absolute atomic E-state index is 12.3. The van der Waals surface area contributed by atoms with Crippen molar-refractivity contribution in [2.24, 2.45) is 0 Å². The predicted octanol–water partition coefficient (Wildman–Crippen LogP) is -0.260. The van der Waals surface area contributed by atoms with Crippen LogP contribution in [0.5, 0.6) is 0 Å². The topological polar surface area (TPSA) is 203 Å². The minimum atomic E-state index is -1.30. The number of nitrogen functional groups attached to an aromatic ring is 1. The number of aliphatic carboxylic acids is 2. The molecule has 13 nitrogen and oxygen atoms in total. The van der Waals surface area contributed by atoms with Crippen LogP contribution in [-0.4, -0.2) is 70.2 Å². The van der Waals surface area contributed by atoms with Gasteiger partial charge in [0, 0.05) is 57.3 Å². The number of benzene rings is 1. The molecule has 14 heteroatoms. The smallest absolute Gasteiger partial charge is 0.326 e. The molecule has 0 saturated heterocycles. The number of carboxylic acids is 2. The van der Waals surface area contributed by atoms with Crippen molar-refractivity contribution in [3.63, 3.8) is 0 Å². The Labute approximate surface area is 206 Å². The van der Waals surface area contributed by atoms with Crippen LogP contribution < -0.4 is 32.1 Å². The van der Waals surface area contributed by atoms with Crippen molar-refractivity contribution in [3.8, 4) is 0 Å². The molecule has 2 aromatic rings. The van der Waals surface area contributed by atoms with Crippen molar-refractivity contribution in [1.29, 1.82) is 0 Å². The Hall–Kier alpha value is -3.67. The van der Waals surface area contributed by atoms with Gasteiger partial charge >= 0.3 is 11.9 Å². The van der Waals surface area contributed by atoms with E-state index >= 15 is 0 Å². The molecule has 8 N–H and O–H groups in total. The van der Waals surface area contributed by atoms with Crippen molar-refractivity contribution >= 4 is 41.0 Å². The maximum Gasteiger partial charge on any atom is 0.326 e. The van der Waals surface area contributed by atoms with E-state index in [0.717, 1.165) is 5.69 Å². The van der Waals surface area contributed by atoms with Gasteiger partial charge in [-0.2, -0.15) is 4.98 Å². The standard InChI is InChI=1S/C20H25N7O6.Zn/c1-27-12(9-23-16-15(27)18(31)26-20(21)25-16)8-22-11-4-2-10(3-5-11)17(30)24-13(19(32)33)6-7-14(28)29;/h2-5,12-13,22H,6-9H2,1H3,(H,24,30)(H,28,29)(H,32,33)(H4,21,23,25,26,31);/t12-,13-;/m0./s1. The van der Waals surface area contributed by atoms with Gasteiger partial charge in [-0.3, -0.25) is 19.4 Å². The number of fused-ring (bicyclic) bond motifs is 1. The number of carbonyl (C=O) groups excluding carboxylic acids is 1. The van der Waals surface area contributed by atoms with Crippen molar-refractivity contribution in [2.45, 2.75) is 24.9 Å². The van der Waals surface area contributed by atoms with Gasteiger partial charge in [0.05, 0.1) is 6.04 Å². The van der Waals surface area contributed by atoms with Crippen molar-refractivity contribution in [1.82, 2.24) is 15.3 Å². The monoisotopic (exact) mass is 523 g/mol. The fourth-order valence-corrected chi connectivity index (χ4v) is 3.42. The maximum atomic E-state index is 12.3. The summed E-state index contributed by atoms with van der Waals surface area (Å²) in [6.07, 6.45) is -0.586. The normalized spacial score (nSPS) is 15.2. The summed E-state index contributed by atoms with van der Waals surface area (Å²) in [6.45, 7) is 1.01. The number of anilines is 4. The predicted molar refractivity (Wildman–Crippen MR) is 121 cm³/mol. The zero-order valence-electron chi connectivity index (χ0n) is 18.5. The molecular formula is C20H25N7O6Zn. The van der Waals surface area contributed by atoms with Gasteiger partial charge in [0.25, 0.3) is 11.5 Å². The van der Waals surface area contributed by atoms with E-state index in [1.165, 1.54) is 12.1 Å². The largest absolute Gasteiger partial charge is 0.481 e. The molecule has 0 unspecified atom stereocenters. The first-order valence-corrected chi connectivity index (χ1v) is 10.1. The van der Waals surface area contributed by atoms with Crippen LogP contribution in [0.3, 0.4) is 0 Å². The molecule has 1 aliphatic heterocycles. The van der Waals surface area contributed by atoms with E-state index in [9.17, 15) is 24.3 Å². The molecule has 34 heavy (non-hydrogen) atoms. The molecule has 0 saturated carbocycles. The van der Waals surface area contributed by atoms with Crippen LogP contribution >= 0.6 is 0 Å². The summed E-state index contributed by atoms with van der Waals surface area (Å²) in [7, 11) is 1.79. The van der Waals surface area contributed by atoms with Crippen molar-refractivity contribution < 1.29 is 44.1 Å². The third-order valence-electron chi connectivity index (χ3n) is 5.26. The van der Waals surface area contributed by atoms with Gasteiger partial charge < -0.3 is 36.8 Å². The number of nitrogens with one attached hydrogen (secondary N) is 4. The summed E-state index contributed by atoms with van der Waals surface area (Å²) in [6, 6.07) is 5.03. The number of nitrogens with two attached hydrogens (primary N) is 1. The van der Waals surface area contributed by atoms with Gasteiger partial charge in [0.15, 0.2) is 5.82 Å². The summed E-state index contributed by atoms with van der Waals surface area (Å²) in [4.78, 5) is 54.9. The summed E-state index contributed by atoms with van der Waals surface area (Å²) in [5.41, 5.74) is 6.59. The summed E-state index contributed by atoms with van der Waals surface area (Å²) in [5, 5.41) is 26.6. The molecule has 3 rings (SSSR count). The molecule has 1 aliphatic rings. The molecule has 0 aliphatic carbocycles. The van der Waals surface area contributed by atoms with Crippen LogP contribution in [0.25, 0.3) is 0 Å². The molecule has 0 radical (unpaired) electrons. The van der Waals surface area contributed by atoms with E-state index in [0.29, 0.717) is 24.6 Å². The van der Waals surface area contributed by atoms with Crippen LogP contribution in [0, 0.1) is 0 Å². The van der Waals surface area contributed by atoms with E-state index in [1.54, 1.807) is 19.2 Å². The summed E-state index contributed by atoms with van der Waals surface area (Å²) >= 11 is 0. The minimum absolute atomic E-state index is 0. The molecule has 2 heterocycles. The number of nitrogens with zero attached hydrogens (tertiary/aromatic N) is 2. The summed E-state index contributed by atoms with van der Waals surface area (Å²) in [5.74, 6) is -2.59. The number of aromatic amines is 1. The zero-order valence-corrected chi connectivity index (χ0v) is 21.5. The second-order valence-electron chi connectivity index (χ2n) is 7.55. The molecule has 0 bridgehead atoms. The average molecular weight is 525 g/mol. The molecule has 2 atom stereocenters. The zero-order chi connectivity index (χ0) is 24.1. The number of rotatable bonds is 9. The number of amides is 1. The SMILES string of the molecule is CN1c2c(nc(N)[nH]c2=O)NC[C@@H]1CNc1ccc(C(=O)N[C@@H](CCC(=O)O)C(=O)O)cc1.[Zn].